The first-order valence-electron chi connectivity index (χ1n) is 10.6. The van der Waals surface area contributed by atoms with Gasteiger partial charge in [-0.2, -0.15) is 5.10 Å². The van der Waals surface area contributed by atoms with Gasteiger partial charge in [0.25, 0.3) is 5.91 Å². The number of pyridine rings is 1. The molecule has 1 N–H and O–H groups in total. The third kappa shape index (κ3) is 3.78. The van der Waals surface area contributed by atoms with Gasteiger partial charge in [-0.3, -0.25) is 9.48 Å². The molecular weight excluding hydrogens is 442 g/mol. The molecule has 6 rings (SSSR count). The zero-order chi connectivity index (χ0) is 21.7. The van der Waals surface area contributed by atoms with Crippen LogP contribution < -0.4 is 5.32 Å². The molecule has 160 valence electrons. The Labute approximate surface area is 193 Å². The Kier molecular flexibility index (Phi) is 4.73. The number of aromatic nitrogens is 4. The van der Waals surface area contributed by atoms with Crippen LogP contribution in [0.1, 0.15) is 45.9 Å². The highest BCUT2D eigenvalue weighted by Gasteiger charge is 2.23. The minimum Gasteiger partial charge on any atom is -0.348 e. The van der Waals surface area contributed by atoms with E-state index < -0.39 is 0 Å². The maximum atomic E-state index is 12.6. The molecule has 0 aliphatic heterocycles. The number of nitrogens with zero attached hydrogens (tertiary/aromatic N) is 4. The van der Waals surface area contributed by atoms with Crippen LogP contribution in [0.15, 0.2) is 60.5 Å². The number of carbonyl (C=O) groups excluding carboxylic acids is 1. The van der Waals surface area contributed by atoms with Gasteiger partial charge in [-0.05, 0) is 64.9 Å². The van der Waals surface area contributed by atoms with E-state index in [1.807, 2.05) is 24.4 Å². The summed E-state index contributed by atoms with van der Waals surface area (Å²) in [7, 11) is 0. The Balaban J connectivity index is 1.13. The summed E-state index contributed by atoms with van der Waals surface area (Å²) in [4.78, 5) is 17.3. The summed E-state index contributed by atoms with van der Waals surface area (Å²) in [6.07, 6.45) is 10.1. The van der Waals surface area contributed by atoms with Crippen molar-refractivity contribution in [2.24, 2.45) is 0 Å². The molecule has 1 amide bonds. The van der Waals surface area contributed by atoms with Crippen LogP contribution in [0, 0.1) is 0 Å². The number of imidazole rings is 1. The molecule has 0 spiro atoms. The third-order valence-electron chi connectivity index (χ3n) is 5.85. The van der Waals surface area contributed by atoms with E-state index >= 15 is 0 Å². The average molecular weight is 462 g/mol. The Morgan fingerprint density at radius 3 is 2.97 bits per heavy atom. The smallest absolute Gasteiger partial charge is 0.254 e. The molecule has 1 aliphatic rings. The van der Waals surface area contributed by atoms with E-state index in [9.17, 15) is 4.79 Å². The van der Waals surface area contributed by atoms with Crippen LogP contribution in [0.4, 0.5) is 0 Å². The number of thiophene rings is 1. The molecule has 4 aromatic heterocycles. The predicted molar refractivity (Wildman–Crippen MR) is 127 cm³/mol. The highest BCUT2D eigenvalue weighted by molar-refractivity contribution is 7.17. The molecule has 32 heavy (non-hydrogen) atoms. The molecule has 0 saturated heterocycles. The number of fused-ring (bicyclic) bond motifs is 2. The molecule has 0 bridgehead atoms. The molecule has 0 atom stereocenters. The number of amides is 1. The predicted octanol–water partition coefficient (Wildman–Crippen LogP) is 5.25. The molecule has 1 aliphatic carbocycles. The monoisotopic (exact) mass is 461 g/mol. The van der Waals surface area contributed by atoms with Crippen molar-refractivity contribution in [1.82, 2.24) is 24.5 Å². The summed E-state index contributed by atoms with van der Waals surface area (Å²) in [5, 5.41) is 11.2. The first-order chi connectivity index (χ1) is 15.6. The molecule has 1 fully saturated rings. The van der Waals surface area contributed by atoms with Crippen LogP contribution in [0.2, 0.25) is 5.02 Å². The molecule has 8 heteroatoms. The van der Waals surface area contributed by atoms with Crippen molar-refractivity contribution >= 4 is 44.6 Å². The Hall–Kier alpha value is -3.16. The van der Waals surface area contributed by atoms with Gasteiger partial charge >= 0.3 is 0 Å². The molecular formula is C24H20ClN5OS. The third-order valence-corrected chi connectivity index (χ3v) is 7.09. The summed E-state index contributed by atoms with van der Waals surface area (Å²) >= 11 is 7.77. The van der Waals surface area contributed by atoms with Crippen molar-refractivity contribution in [3.05, 3.63) is 87.9 Å². The number of benzene rings is 1. The van der Waals surface area contributed by atoms with E-state index in [0.717, 1.165) is 27.0 Å². The quantitative estimate of drug-likeness (QED) is 0.375. The van der Waals surface area contributed by atoms with Crippen LogP contribution in [-0.4, -0.2) is 25.1 Å². The lowest BCUT2D eigenvalue weighted by atomic mass is 10.2. The molecule has 4 heterocycles. The molecule has 0 unspecified atom stereocenters. The van der Waals surface area contributed by atoms with E-state index in [4.69, 9.17) is 11.6 Å². The number of rotatable bonds is 6. The van der Waals surface area contributed by atoms with Crippen molar-refractivity contribution in [2.45, 2.75) is 31.8 Å². The van der Waals surface area contributed by atoms with Crippen LogP contribution >= 0.6 is 22.9 Å². The zero-order valence-corrected chi connectivity index (χ0v) is 18.7. The molecule has 1 aromatic carbocycles. The number of hydrogen-bond donors (Lipinski definition) is 1. The van der Waals surface area contributed by atoms with Crippen molar-refractivity contribution in [3.8, 4) is 0 Å². The summed E-state index contributed by atoms with van der Waals surface area (Å²) in [5.74, 6) is 0.559. The number of carbonyl (C=O) groups is 1. The molecule has 0 radical (unpaired) electrons. The van der Waals surface area contributed by atoms with E-state index in [0.29, 0.717) is 29.6 Å². The minimum atomic E-state index is -0.151. The van der Waals surface area contributed by atoms with Gasteiger partial charge < -0.3 is 9.72 Å². The summed E-state index contributed by atoms with van der Waals surface area (Å²) in [6, 6.07) is 10.1. The van der Waals surface area contributed by atoms with Gasteiger partial charge in [-0.25, -0.2) is 4.98 Å². The highest BCUT2D eigenvalue weighted by atomic mass is 35.5. The van der Waals surface area contributed by atoms with Crippen molar-refractivity contribution in [1.29, 1.82) is 0 Å². The maximum Gasteiger partial charge on any atom is 0.254 e. The average Bonchev–Trinajstić information content (AvgIpc) is 3.21. The molecule has 5 aromatic rings. The number of halogens is 1. The first kappa shape index (κ1) is 19.5. The van der Waals surface area contributed by atoms with Crippen LogP contribution in [0.3, 0.4) is 0 Å². The fraction of sp³-hybridized carbons (Fsp3) is 0.208. The second-order valence-electron chi connectivity index (χ2n) is 8.25. The van der Waals surface area contributed by atoms with Crippen molar-refractivity contribution < 1.29 is 4.79 Å². The number of nitrogens with one attached hydrogen (secondary N) is 1. The second kappa shape index (κ2) is 7.76. The van der Waals surface area contributed by atoms with Crippen molar-refractivity contribution in [3.63, 3.8) is 0 Å². The van der Waals surface area contributed by atoms with Gasteiger partial charge in [0.15, 0.2) is 0 Å². The normalized spacial score (nSPS) is 13.8. The second-order valence-corrected chi connectivity index (χ2v) is 9.59. The van der Waals surface area contributed by atoms with Gasteiger partial charge in [0, 0.05) is 34.9 Å². The molecule has 1 saturated carbocycles. The van der Waals surface area contributed by atoms with E-state index in [1.54, 1.807) is 28.4 Å². The first-order valence-corrected chi connectivity index (χ1v) is 11.8. The van der Waals surface area contributed by atoms with Gasteiger partial charge in [-0.1, -0.05) is 17.7 Å². The fourth-order valence-electron chi connectivity index (χ4n) is 4.00. The van der Waals surface area contributed by atoms with Crippen LogP contribution in [0.25, 0.3) is 15.7 Å². The Morgan fingerprint density at radius 2 is 2.09 bits per heavy atom. The lowest BCUT2D eigenvalue weighted by molar-refractivity contribution is 0.0951. The SMILES string of the molecule is O=C(NCc1csc2ccc(Cl)cc12)c1cnn(Cc2cn3cc(C4CC4)ccc3n2)c1. The number of hydrogen-bond acceptors (Lipinski definition) is 4. The van der Waals surface area contributed by atoms with Gasteiger partial charge in [-0.15, -0.1) is 11.3 Å². The summed E-state index contributed by atoms with van der Waals surface area (Å²) < 4.78 is 4.98. The topological polar surface area (TPSA) is 64.2 Å². The zero-order valence-electron chi connectivity index (χ0n) is 17.2. The van der Waals surface area contributed by atoms with E-state index in [-0.39, 0.29) is 5.91 Å². The summed E-state index contributed by atoms with van der Waals surface area (Å²) in [6.45, 7) is 0.960. The van der Waals surface area contributed by atoms with Crippen molar-refractivity contribution in [2.75, 3.05) is 0 Å². The van der Waals surface area contributed by atoms with E-state index in [2.05, 4.69) is 43.5 Å². The molecule has 6 nitrogen and oxygen atoms in total. The Bertz CT molecular complexity index is 1460. The maximum absolute atomic E-state index is 12.6. The lowest BCUT2D eigenvalue weighted by Gasteiger charge is -2.03. The summed E-state index contributed by atoms with van der Waals surface area (Å²) in [5.41, 5.74) is 4.80. The largest absolute Gasteiger partial charge is 0.348 e. The minimum absolute atomic E-state index is 0.151. The van der Waals surface area contributed by atoms with Gasteiger partial charge in [0.1, 0.15) is 5.65 Å². The highest BCUT2D eigenvalue weighted by Crippen LogP contribution is 2.39. The van der Waals surface area contributed by atoms with Crippen LogP contribution in [-0.2, 0) is 13.1 Å². The standard InChI is InChI=1S/C24H20ClN5OS/c25-19-4-5-22-21(7-19)18(14-32-22)8-26-24(31)17-9-27-30(11-17)13-20-12-29-10-16(15-1-2-15)3-6-23(29)28-20/h3-7,9-12,14-15H,1-2,8,13H2,(H,26,31). The lowest BCUT2D eigenvalue weighted by Crippen LogP contribution is -2.22. The van der Waals surface area contributed by atoms with Gasteiger partial charge in [0.2, 0.25) is 0 Å². The van der Waals surface area contributed by atoms with Crippen LogP contribution in [0.5, 0.6) is 0 Å². The fourth-order valence-corrected chi connectivity index (χ4v) is 5.11. The van der Waals surface area contributed by atoms with E-state index in [1.165, 1.54) is 18.4 Å². The van der Waals surface area contributed by atoms with Gasteiger partial charge in [0.05, 0.1) is 24.0 Å². The Morgan fingerprint density at radius 1 is 1.19 bits per heavy atom.